The molecule has 2 aromatic carbocycles. The van der Waals surface area contributed by atoms with Gasteiger partial charge in [0.05, 0.1) is 5.56 Å². The molecular formula is C15H10O4. The SMILES string of the molecule is O=c1oc2c(O)cccc2cc1-c1cccc(O)c1. The quantitative estimate of drug-likeness (QED) is 0.655. The molecule has 4 nitrogen and oxygen atoms in total. The molecule has 3 rings (SSSR count). The Hall–Kier alpha value is -2.75. The standard InChI is InChI=1S/C15H10O4/c16-11-5-1-3-9(7-11)12-8-10-4-2-6-13(17)14(10)19-15(12)18/h1-8,16-17H. The van der Waals surface area contributed by atoms with Gasteiger partial charge in [0.25, 0.3) is 0 Å². The zero-order valence-corrected chi connectivity index (χ0v) is 9.83. The van der Waals surface area contributed by atoms with Gasteiger partial charge < -0.3 is 14.6 Å². The summed E-state index contributed by atoms with van der Waals surface area (Å²) >= 11 is 0. The summed E-state index contributed by atoms with van der Waals surface area (Å²) in [4.78, 5) is 11.9. The first-order valence-corrected chi connectivity index (χ1v) is 5.70. The first-order chi connectivity index (χ1) is 9.15. The lowest BCUT2D eigenvalue weighted by molar-refractivity contribution is 0.457. The van der Waals surface area contributed by atoms with Crippen molar-refractivity contribution in [2.45, 2.75) is 0 Å². The molecule has 0 unspecified atom stereocenters. The van der Waals surface area contributed by atoms with E-state index in [1.165, 1.54) is 18.2 Å². The van der Waals surface area contributed by atoms with Crippen molar-refractivity contribution in [3.05, 3.63) is 59.0 Å². The van der Waals surface area contributed by atoms with Crippen LogP contribution in [-0.2, 0) is 0 Å². The second-order valence-electron chi connectivity index (χ2n) is 4.19. The zero-order chi connectivity index (χ0) is 13.4. The monoisotopic (exact) mass is 254 g/mol. The second kappa shape index (κ2) is 4.17. The molecule has 1 heterocycles. The first kappa shape index (κ1) is 11.3. The molecule has 0 aliphatic rings. The summed E-state index contributed by atoms with van der Waals surface area (Å²) < 4.78 is 5.13. The van der Waals surface area contributed by atoms with Crippen LogP contribution in [-0.4, -0.2) is 10.2 Å². The van der Waals surface area contributed by atoms with E-state index in [4.69, 9.17) is 4.42 Å². The van der Waals surface area contributed by atoms with Gasteiger partial charge in [-0.1, -0.05) is 24.3 Å². The van der Waals surface area contributed by atoms with Crippen molar-refractivity contribution in [1.29, 1.82) is 0 Å². The molecule has 0 spiro atoms. The van der Waals surface area contributed by atoms with Crippen LogP contribution in [0.3, 0.4) is 0 Å². The van der Waals surface area contributed by atoms with Gasteiger partial charge in [-0.15, -0.1) is 0 Å². The Kier molecular flexibility index (Phi) is 2.49. The van der Waals surface area contributed by atoms with Crippen molar-refractivity contribution >= 4 is 11.0 Å². The maximum Gasteiger partial charge on any atom is 0.344 e. The summed E-state index contributed by atoms with van der Waals surface area (Å²) in [7, 11) is 0. The Labute approximate surface area is 108 Å². The van der Waals surface area contributed by atoms with E-state index in [-0.39, 0.29) is 17.1 Å². The van der Waals surface area contributed by atoms with Gasteiger partial charge in [-0.25, -0.2) is 4.79 Å². The number of fused-ring (bicyclic) bond motifs is 1. The third-order valence-electron chi connectivity index (χ3n) is 2.90. The highest BCUT2D eigenvalue weighted by Gasteiger charge is 2.10. The van der Waals surface area contributed by atoms with Crippen molar-refractivity contribution in [3.63, 3.8) is 0 Å². The molecule has 94 valence electrons. The molecule has 2 N–H and O–H groups in total. The molecule has 0 amide bonds. The lowest BCUT2D eigenvalue weighted by Gasteiger charge is -2.04. The molecule has 3 aromatic rings. The van der Waals surface area contributed by atoms with E-state index in [1.54, 1.807) is 30.3 Å². The van der Waals surface area contributed by atoms with Crippen LogP contribution in [0.2, 0.25) is 0 Å². The Morgan fingerprint density at radius 1 is 0.947 bits per heavy atom. The summed E-state index contributed by atoms with van der Waals surface area (Å²) in [6, 6.07) is 12.9. The summed E-state index contributed by atoms with van der Waals surface area (Å²) in [6.45, 7) is 0. The van der Waals surface area contributed by atoms with E-state index >= 15 is 0 Å². The average Bonchev–Trinajstić information content (AvgIpc) is 2.39. The summed E-state index contributed by atoms with van der Waals surface area (Å²) in [5, 5.41) is 19.7. The van der Waals surface area contributed by atoms with Gasteiger partial charge in [-0.2, -0.15) is 0 Å². The van der Waals surface area contributed by atoms with Gasteiger partial charge in [-0.05, 0) is 29.8 Å². The molecule has 0 saturated carbocycles. The number of hydrogen-bond donors (Lipinski definition) is 2. The van der Waals surface area contributed by atoms with E-state index in [1.807, 2.05) is 0 Å². The molecule has 0 bridgehead atoms. The van der Waals surface area contributed by atoms with Crippen molar-refractivity contribution in [2.75, 3.05) is 0 Å². The van der Waals surface area contributed by atoms with Gasteiger partial charge in [0, 0.05) is 5.39 Å². The topological polar surface area (TPSA) is 70.7 Å². The summed E-state index contributed by atoms with van der Waals surface area (Å²) in [6.07, 6.45) is 0. The fourth-order valence-corrected chi connectivity index (χ4v) is 2.00. The molecule has 0 radical (unpaired) electrons. The second-order valence-corrected chi connectivity index (χ2v) is 4.19. The number of phenols is 2. The lowest BCUT2D eigenvalue weighted by Crippen LogP contribution is -2.02. The number of para-hydroxylation sites is 1. The lowest BCUT2D eigenvalue weighted by atomic mass is 10.1. The Bertz CT molecular complexity index is 818. The van der Waals surface area contributed by atoms with Crippen LogP contribution in [0.5, 0.6) is 11.5 Å². The number of rotatable bonds is 1. The smallest absolute Gasteiger partial charge is 0.344 e. The van der Waals surface area contributed by atoms with Gasteiger partial charge in [0.15, 0.2) is 11.3 Å². The molecule has 0 saturated heterocycles. The maximum absolute atomic E-state index is 11.9. The van der Waals surface area contributed by atoms with Gasteiger partial charge in [-0.3, -0.25) is 0 Å². The van der Waals surface area contributed by atoms with Crippen LogP contribution in [0.15, 0.2) is 57.7 Å². The maximum atomic E-state index is 11.9. The van der Waals surface area contributed by atoms with E-state index in [2.05, 4.69) is 0 Å². The molecule has 1 aromatic heterocycles. The normalized spacial score (nSPS) is 10.7. The number of benzene rings is 2. The Morgan fingerprint density at radius 3 is 2.53 bits per heavy atom. The van der Waals surface area contributed by atoms with Crippen LogP contribution in [0, 0.1) is 0 Å². The minimum Gasteiger partial charge on any atom is -0.508 e. The molecule has 0 fully saturated rings. The molecule has 0 aliphatic heterocycles. The fraction of sp³-hybridized carbons (Fsp3) is 0. The molecule has 0 atom stereocenters. The average molecular weight is 254 g/mol. The van der Waals surface area contributed by atoms with E-state index in [0.717, 1.165) is 0 Å². The van der Waals surface area contributed by atoms with Crippen LogP contribution in [0.1, 0.15) is 0 Å². The third kappa shape index (κ3) is 1.93. The zero-order valence-electron chi connectivity index (χ0n) is 9.83. The number of hydrogen-bond acceptors (Lipinski definition) is 4. The minimum atomic E-state index is -0.556. The predicted octanol–water partition coefficient (Wildman–Crippen LogP) is 2.87. The van der Waals surface area contributed by atoms with Crippen LogP contribution in [0.25, 0.3) is 22.1 Å². The third-order valence-corrected chi connectivity index (χ3v) is 2.90. The molecule has 4 heteroatoms. The Balaban J connectivity index is 2.31. The van der Waals surface area contributed by atoms with Crippen molar-refractivity contribution in [3.8, 4) is 22.6 Å². The van der Waals surface area contributed by atoms with Crippen LogP contribution in [0.4, 0.5) is 0 Å². The van der Waals surface area contributed by atoms with E-state index in [0.29, 0.717) is 16.5 Å². The summed E-state index contributed by atoms with van der Waals surface area (Å²) in [5.74, 6) is 0.00460. The fourth-order valence-electron chi connectivity index (χ4n) is 2.00. The van der Waals surface area contributed by atoms with Crippen LogP contribution < -0.4 is 5.63 Å². The van der Waals surface area contributed by atoms with Crippen molar-refractivity contribution in [2.24, 2.45) is 0 Å². The molecule has 0 aliphatic carbocycles. The number of phenolic OH excluding ortho intramolecular Hbond substituents is 2. The van der Waals surface area contributed by atoms with E-state index in [9.17, 15) is 15.0 Å². The highest BCUT2D eigenvalue weighted by atomic mass is 16.4. The molecule has 19 heavy (non-hydrogen) atoms. The minimum absolute atomic E-state index is 0.0722. The van der Waals surface area contributed by atoms with Crippen LogP contribution >= 0.6 is 0 Å². The Morgan fingerprint density at radius 2 is 1.74 bits per heavy atom. The van der Waals surface area contributed by atoms with Crippen molar-refractivity contribution < 1.29 is 14.6 Å². The predicted molar refractivity (Wildman–Crippen MR) is 71.2 cm³/mol. The molecular weight excluding hydrogens is 244 g/mol. The van der Waals surface area contributed by atoms with Crippen molar-refractivity contribution in [1.82, 2.24) is 0 Å². The summed E-state index contributed by atoms with van der Waals surface area (Å²) in [5.41, 5.74) is 0.518. The largest absolute Gasteiger partial charge is 0.508 e. The van der Waals surface area contributed by atoms with Gasteiger partial charge in [0.2, 0.25) is 0 Å². The van der Waals surface area contributed by atoms with Gasteiger partial charge >= 0.3 is 5.63 Å². The van der Waals surface area contributed by atoms with E-state index < -0.39 is 5.63 Å². The highest BCUT2D eigenvalue weighted by Crippen LogP contribution is 2.27. The highest BCUT2D eigenvalue weighted by molar-refractivity contribution is 5.85. The van der Waals surface area contributed by atoms with Gasteiger partial charge in [0.1, 0.15) is 5.75 Å². The number of aromatic hydroxyl groups is 2. The first-order valence-electron chi connectivity index (χ1n) is 5.70.